The first kappa shape index (κ1) is 12.0. The summed E-state index contributed by atoms with van der Waals surface area (Å²) in [6, 6.07) is 0. The number of unbranched alkanes of at least 4 members (excludes halogenated alkanes) is 4. The highest BCUT2D eigenvalue weighted by Crippen LogP contribution is 2.04. The average molecular weight is 231 g/mol. The van der Waals surface area contributed by atoms with Crippen LogP contribution in [0.1, 0.15) is 39.0 Å². The summed E-state index contributed by atoms with van der Waals surface area (Å²) in [7, 11) is 0. The van der Waals surface area contributed by atoms with E-state index in [9.17, 15) is 0 Å². The van der Waals surface area contributed by atoms with E-state index in [1.54, 1.807) is 0 Å². The Morgan fingerprint density at radius 3 is 2.42 bits per heavy atom. The third-order valence-electron chi connectivity index (χ3n) is 1.69. The van der Waals surface area contributed by atoms with Gasteiger partial charge in [0, 0.05) is 5.33 Å². The standard InChI is InChI=1S/C11H19Br/c1-2-3-4-5-6-7-8-9-10-11-12/h2-5H,6-11H2,1H3. The minimum Gasteiger partial charge on any atom is -0.0928 e. The minimum absolute atomic E-state index is 1.15. The zero-order valence-electron chi connectivity index (χ0n) is 7.93. The van der Waals surface area contributed by atoms with E-state index in [4.69, 9.17) is 0 Å². The summed E-state index contributed by atoms with van der Waals surface area (Å²) in [5.74, 6) is 0. The van der Waals surface area contributed by atoms with Gasteiger partial charge in [-0.2, -0.15) is 0 Å². The van der Waals surface area contributed by atoms with Crippen molar-refractivity contribution < 1.29 is 0 Å². The Balaban J connectivity index is 3.00. The summed E-state index contributed by atoms with van der Waals surface area (Å²) in [6.07, 6.45) is 15.1. The summed E-state index contributed by atoms with van der Waals surface area (Å²) < 4.78 is 0. The third-order valence-corrected chi connectivity index (χ3v) is 2.25. The van der Waals surface area contributed by atoms with E-state index < -0.39 is 0 Å². The van der Waals surface area contributed by atoms with E-state index in [0.717, 1.165) is 5.33 Å². The fourth-order valence-electron chi connectivity index (χ4n) is 0.996. The van der Waals surface area contributed by atoms with Gasteiger partial charge in [0.05, 0.1) is 0 Å². The van der Waals surface area contributed by atoms with Crippen molar-refractivity contribution in [3.8, 4) is 0 Å². The molecule has 0 spiro atoms. The van der Waals surface area contributed by atoms with E-state index in [1.165, 1.54) is 32.1 Å². The molecular weight excluding hydrogens is 212 g/mol. The van der Waals surface area contributed by atoms with Crippen molar-refractivity contribution in [3.05, 3.63) is 24.3 Å². The summed E-state index contributed by atoms with van der Waals surface area (Å²) in [5.41, 5.74) is 0. The molecule has 0 aromatic heterocycles. The molecule has 0 nitrogen and oxygen atoms in total. The van der Waals surface area contributed by atoms with Crippen molar-refractivity contribution in [2.24, 2.45) is 0 Å². The van der Waals surface area contributed by atoms with Crippen LogP contribution in [0.15, 0.2) is 24.3 Å². The maximum atomic E-state index is 3.43. The van der Waals surface area contributed by atoms with Crippen molar-refractivity contribution >= 4 is 15.9 Å². The topological polar surface area (TPSA) is 0 Å². The van der Waals surface area contributed by atoms with E-state index in [0.29, 0.717) is 0 Å². The molecule has 0 aromatic rings. The van der Waals surface area contributed by atoms with Crippen molar-refractivity contribution in [2.75, 3.05) is 5.33 Å². The molecule has 0 rings (SSSR count). The van der Waals surface area contributed by atoms with Gasteiger partial charge in [0.25, 0.3) is 0 Å². The largest absolute Gasteiger partial charge is 0.0928 e. The van der Waals surface area contributed by atoms with E-state index in [2.05, 4.69) is 40.2 Å². The molecule has 12 heavy (non-hydrogen) atoms. The molecular formula is C11H19Br. The third kappa shape index (κ3) is 9.96. The van der Waals surface area contributed by atoms with Crippen molar-refractivity contribution in [3.63, 3.8) is 0 Å². The van der Waals surface area contributed by atoms with Crippen LogP contribution < -0.4 is 0 Å². The Hall–Kier alpha value is -0.0400. The average Bonchev–Trinajstić information content (AvgIpc) is 2.10. The van der Waals surface area contributed by atoms with Gasteiger partial charge in [0.15, 0.2) is 0 Å². The zero-order valence-corrected chi connectivity index (χ0v) is 9.52. The molecule has 0 saturated heterocycles. The van der Waals surface area contributed by atoms with Crippen LogP contribution in [0.4, 0.5) is 0 Å². The molecule has 0 heterocycles. The number of alkyl halides is 1. The highest BCUT2D eigenvalue weighted by Gasteiger charge is 1.85. The van der Waals surface area contributed by atoms with E-state index in [1.807, 2.05) is 6.92 Å². The summed E-state index contributed by atoms with van der Waals surface area (Å²) in [5, 5.41) is 1.15. The SMILES string of the molecule is CC=CC=CCCCCCCBr. The Bertz CT molecular complexity index is 125. The molecule has 0 fully saturated rings. The quantitative estimate of drug-likeness (QED) is 0.344. The fraction of sp³-hybridized carbons (Fsp3) is 0.636. The molecule has 0 amide bonds. The lowest BCUT2D eigenvalue weighted by atomic mass is 10.1. The van der Waals surface area contributed by atoms with Gasteiger partial charge in [0.2, 0.25) is 0 Å². The maximum Gasteiger partial charge on any atom is 0.00313 e. The normalized spacial score (nSPS) is 11.8. The molecule has 0 N–H and O–H groups in total. The molecule has 0 aliphatic rings. The van der Waals surface area contributed by atoms with Gasteiger partial charge >= 0.3 is 0 Å². The summed E-state index contributed by atoms with van der Waals surface area (Å²) >= 11 is 3.43. The Labute approximate surface area is 84.9 Å². The highest BCUT2D eigenvalue weighted by molar-refractivity contribution is 9.09. The predicted octanol–water partition coefficient (Wildman–Crippen LogP) is 4.46. The van der Waals surface area contributed by atoms with E-state index >= 15 is 0 Å². The first-order chi connectivity index (χ1) is 5.91. The lowest BCUT2D eigenvalue weighted by Crippen LogP contribution is -1.77. The van der Waals surface area contributed by atoms with Crippen molar-refractivity contribution in [1.82, 2.24) is 0 Å². The lowest BCUT2D eigenvalue weighted by molar-refractivity contribution is 0.679. The number of hydrogen-bond donors (Lipinski definition) is 0. The summed E-state index contributed by atoms with van der Waals surface area (Å²) in [6.45, 7) is 2.04. The van der Waals surface area contributed by atoms with Crippen LogP contribution in [-0.2, 0) is 0 Å². The van der Waals surface area contributed by atoms with Crippen LogP contribution in [0.25, 0.3) is 0 Å². The Morgan fingerprint density at radius 2 is 1.75 bits per heavy atom. The van der Waals surface area contributed by atoms with Gasteiger partial charge in [-0.25, -0.2) is 0 Å². The molecule has 70 valence electrons. The number of hydrogen-bond acceptors (Lipinski definition) is 0. The molecule has 0 saturated carbocycles. The zero-order chi connectivity index (χ0) is 9.07. The van der Waals surface area contributed by atoms with Crippen molar-refractivity contribution in [1.29, 1.82) is 0 Å². The smallest absolute Gasteiger partial charge is 0.00313 e. The van der Waals surface area contributed by atoms with Crippen LogP contribution in [0.5, 0.6) is 0 Å². The van der Waals surface area contributed by atoms with Crippen LogP contribution in [0.2, 0.25) is 0 Å². The van der Waals surface area contributed by atoms with Crippen LogP contribution in [0, 0.1) is 0 Å². The number of rotatable bonds is 7. The molecule has 0 radical (unpaired) electrons. The fourth-order valence-corrected chi connectivity index (χ4v) is 1.39. The van der Waals surface area contributed by atoms with Gasteiger partial charge in [-0.15, -0.1) is 0 Å². The molecule has 0 aliphatic carbocycles. The molecule has 0 bridgehead atoms. The van der Waals surface area contributed by atoms with Gasteiger partial charge in [-0.1, -0.05) is 53.1 Å². The van der Waals surface area contributed by atoms with Crippen LogP contribution >= 0.6 is 15.9 Å². The van der Waals surface area contributed by atoms with Gasteiger partial charge in [0.1, 0.15) is 0 Å². The first-order valence-electron chi connectivity index (χ1n) is 4.75. The van der Waals surface area contributed by atoms with Crippen LogP contribution in [0.3, 0.4) is 0 Å². The van der Waals surface area contributed by atoms with Crippen molar-refractivity contribution in [2.45, 2.75) is 39.0 Å². The number of allylic oxidation sites excluding steroid dienone is 4. The monoisotopic (exact) mass is 230 g/mol. The second-order valence-electron chi connectivity index (χ2n) is 2.85. The molecule has 0 aromatic carbocycles. The van der Waals surface area contributed by atoms with Gasteiger partial charge in [-0.05, 0) is 26.2 Å². The second-order valence-corrected chi connectivity index (χ2v) is 3.64. The number of halogens is 1. The lowest BCUT2D eigenvalue weighted by Gasteiger charge is -1.94. The Morgan fingerprint density at radius 1 is 1.00 bits per heavy atom. The van der Waals surface area contributed by atoms with Gasteiger partial charge < -0.3 is 0 Å². The van der Waals surface area contributed by atoms with Gasteiger partial charge in [-0.3, -0.25) is 0 Å². The summed E-state index contributed by atoms with van der Waals surface area (Å²) in [4.78, 5) is 0. The minimum atomic E-state index is 1.15. The molecule has 0 unspecified atom stereocenters. The predicted molar refractivity (Wildman–Crippen MR) is 60.8 cm³/mol. The second kappa shape index (κ2) is 11.0. The first-order valence-corrected chi connectivity index (χ1v) is 5.87. The molecule has 0 atom stereocenters. The Kier molecular flexibility index (Phi) is 10.9. The maximum absolute atomic E-state index is 3.43. The van der Waals surface area contributed by atoms with E-state index in [-0.39, 0.29) is 0 Å². The molecule has 1 heteroatoms. The molecule has 0 aliphatic heterocycles. The van der Waals surface area contributed by atoms with Crippen LogP contribution in [-0.4, -0.2) is 5.33 Å². The highest BCUT2D eigenvalue weighted by atomic mass is 79.9.